The molecule has 4 heteroatoms. The molecule has 1 atom stereocenters. The van der Waals surface area contributed by atoms with Gasteiger partial charge in [0.05, 0.1) is 23.0 Å². The zero-order valence-electron chi connectivity index (χ0n) is 10.3. The van der Waals surface area contributed by atoms with Crippen LogP contribution in [0.3, 0.4) is 0 Å². The van der Waals surface area contributed by atoms with E-state index in [1.807, 2.05) is 7.05 Å². The van der Waals surface area contributed by atoms with E-state index >= 15 is 0 Å². The van der Waals surface area contributed by atoms with E-state index in [4.69, 9.17) is 11.6 Å². The molecule has 1 unspecified atom stereocenters. The summed E-state index contributed by atoms with van der Waals surface area (Å²) in [7, 11) is 1.82. The van der Waals surface area contributed by atoms with Gasteiger partial charge in [0.2, 0.25) is 0 Å². The van der Waals surface area contributed by atoms with Crippen LogP contribution >= 0.6 is 11.6 Å². The number of aryl methyl sites for hydroxylation is 1. The van der Waals surface area contributed by atoms with Crippen molar-refractivity contribution in [3.63, 3.8) is 0 Å². The Balaban J connectivity index is 2.84. The number of hydrogen-bond donors (Lipinski definition) is 1. The topological polar surface area (TPSA) is 38.1 Å². The van der Waals surface area contributed by atoms with Gasteiger partial charge in [-0.15, -0.1) is 0 Å². The van der Waals surface area contributed by atoms with Crippen LogP contribution in [0, 0.1) is 5.92 Å². The molecule has 0 aliphatic rings. The molecule has 92 valence electrons. The third-order valence-electron chi connectivity index (χ3n) is 2.98. The van der Waals surface area contributed by atoms with E-state index in [1.54, 1.807) is 10.9 Å². The first-order valence-electron chi connectivity index (χ1n) is 5.97. The number of halogens is 1. The maximum atomic E-state index is 10.3. The van der Waals surface area contributed by atoms with E-state index in [1.165, 1.54) is 0 Å². The Labute approximate surface area is 102 Å². The van der Waals surface area contributed by atoms with Crippen LogP contribution in [-0.4, -0.2) is 14.9 Å². The molecule has 3 nitrogen and oxygen atoms in total. The van der Waals surface area contributed by atoms with Crippen LogP contribution < -0.4 is 0 Å². The van der Waals surface area contributed by atoms with Gasteiger partial charge in [-0.25, -0.2) is 0 Å². The molecule has 0 aromatic carbocycles. The van der Waals surface area contributed by atoms with Gasteiger partial charge in [-0.3, -0.25) is 4.68 Å². The second kappa shape index (κ2) is 6.26. The predicted molar refractivity (Wildman–Crippen MR) is 66.5 cm³/mol. The Morgan fingerprint density at radius 3 is 2.31 bits per heavy atom. The van der Waals surface area contributed by atoms with E-state index in [0.717, 1.165) is 31.4 Å². The molecule has 1 heterocycles. The van der Waals surface area contributed by atoms with Gasteiger partial charge in [0, 0.05) is 7.05 Å². The Bertz CT molecular complexity index is 299. The van der Waals surface area contributed by atoms with Gasteiger partial charge in [0.1, 0.15) is 0 Å². The number of aromatic nitrogens is 2. The maximum Gasteiger partial charge on any atom is 0.0999 e. The summed E-state index contributed by atoms with van der Waals surface area (Å²) in [6.07, 6.45) is 5.30. The van der Waals surface area contributed by atoms with E-state index in [0.29, 0.717) is 5.02 Å². The highest BCUT2D eigenvalue weighted by Crippen LogP contribution is 2.32. The van der Waals surface area contributed by atoms with Crippen molar-refractivity contribution in [1.29, 1.82) is 0 Å². The SMILES string of the molecule is CCCC(CCC)C(O)c1c(Cl)cnn1C. The van der Waals surface area contributed by atoms with Crippen molar-refractivity contribution in [2.45, 2.75) is 45.6 Å². The monoisotopic (exact) mass is 244 g/mol. The smallest absolute Gasteiger partial charge is 0.0999 e. The number of nitrogens with zero attached hydrogens (tertiary/aromatic N) is 2. The molecule has 0 aliphatic carbocycles. The predicted octanol–water partition coefficient (Wildman–Crippen LogP) is 3.32. The molecule has 0 radical (unpaired) electrons. The highest BCUT2D eigenvalue weighted by Gasteiger charge is 2.24. The highest BCUT2D eigenvalue weighted by atomic mass is 35.5. The van der Waals surface area contributed by atoms with Crippen LogP contribution in [0.2, 0.25) is 5.02 Å². The Hall–Kier alpha value is -0.540. The lowest BCUT2D eigenvalue weighted by molar-refractivity contribution is 0.0889. The first-order valence-corrected chi connectivity index (χ1v) is 6.35. The average Bonchev–Trinajstić information content (AvgIpc) is 2.57. The summed E-state index contributed by atoms with van der Waals surface area (Å²) < 4.78 is 1.67. The molecule has 0 spiro atoms. The zero-order chi connectivity index (χ0) is 12.1. The molecule has 0 saturated heterocycles. The molecular formula is C12H21ClN2O. The van der Waals surface area contributed by atoms with E-state index in [9.17, 15) is 5.11 Å². The van der Waals surface area contributed by atoms with Crippen molar-refractivity contribution in [2.75, 3.05) is 0 Å². The fraction of sp³-hybridized carbons (Fsp3) is 0.750. The Morgan fingerprint density at radius 2 is 1.94 bits per heavy atom. The summed E-state index contributed by atoms with van der Waals surface area (Å²) in [6.45, 7) is 4.28. The Morgan fingerprint density at radius 1 is 1.38 bits per heavy atom. The lowest BCUT2D eigenvalue weighted by Gasteiger charge is -2.22. The molecule has 0 saturated carbocycles. The Kier molecular flexibility index (Phi) is 5.29. The molecule has 0 aliphatic heterocycles. The van der Waals surface area contributed by atoms with Gasteiger partial charge in [-0.1, -0.05) is 38.3 Å². The van der Waals surface area contributed by atoms with E-state index < -0.39 is 6.10 Å². The normalized spacial score (nSPS) is 13.4. The van der Waals surface area contributed by atoms with Crippen LogP contribution in [-0.2, 0) is 7.05 Å². The van der Waals surface area contributed by atoms with Crippen LogP contribution in [0.15, 0.2) is 6.20 Å². The van der Waals surface area contributed by atoms with Gasteiger partial charge in [-0.05, 0) is 18.8 Å². The van der Waals surface area contributed by atoms with Crippen molar-refractivity contribution in [2.24, 2.45) is 13.0 Å². The minimum absolute atomic E-state index is 0.280. The lowest BCUT2D eigenvalue weighted by Crippen LogP contribution is -2.16. The van der Waals surface area contributed by atoms with Crippen LogP contribution in [0.5, 0.6) is 0 Å². The molecule has 16 heavy (non-hydrogen) atoms. The van der Waals surface area contributed by atoms with E-state index in [-0.39, 0.29) is 5.92 Å². The lowest BCUT2D eigenvalue weighted by atomic mass is 9.90. The first-order chi connectivity index (χ1) is 7.61. The van der Waals surface area contributed by atoms with E-state index in [2.05, 4.69) is 18.9 Å². The summed E-state index contributed by atoms with van der Waals surface area (Å²) >= 11 is 6.04. The molecule has 1 rings (SSSR count). The second-order valence-electron chi connectivity index (χ2n) is 4.28. The minimum Gasteiger partial charge on any atom is -0.386 e. The standard InChI is InChI=1S/C12H21ClN2O/c1-4-6-9(7-5-2)12(16)11-10(13)8-14-15(11)3/h8-9,12,16H,4-7H2,1-3H3. The van der Waals surface area contributed by atoms with Gasteiger partial charge in [0.15, 0.2) is 0 Å². The fourth-order valence-corrected chi connectivity index (χ4v) is 2.46. The first kappa shape index (κ1) is 13.5. The largest absolute Gasteiger partial charge is 0.386 e. The number of aliphatic hydroxyl groups excluding tert-OH is 1. The molecule has 1 aromatic heterocycles. The van der Waals surface area contributed by atoms with Gasteiger partial charge in [-0.2, -0.15) is 5.10 Å². The minimum atomic E-state index is -0.500. The number of aliphatic hydroxyl groups is 1. The summed E-state index contributed by atoms with van der Waals surface area (Å²) in [5.74, 6) is 0.280. The molecule has 0 fully saturated rings. The summed E-state index contributed by atoms with van der Waals surface area (Å²) in [4.78, 5) is 0. The van der Waals surface area contributed by atoms with Crippen molar-refractivity contribution in [3.8, 4) is 0 Å². The molecule has 0 amide bonds. The van der Waals surface area contributed by atoms with Crippen LogP contribution in [0.25, 0.3) is 0 Å². The van der Waals surface area contributed by atoms with Gasteiger partial charge < -0.3 is 5.11 Å². The number of hydrogen-bond acceptors (Lipinski definition) is 2. The van der Waals surface area contributed by atoms with Crippen LogP contribution in [0.4, 0.5) is 0 Å². The van der Waals surface area contributed by atoms with Crippen molar-refractivity contribution < 1.29 is 5.11 Å². The quantitative estimate of drug-likeness (QED) is 0.834. The highest BCUT2D eigenvalue weighted by molar-refractivity contribution is 6.31. The molecular weight excluding hydrogens is 224 g/mol. The van der Waals surface area contributed by atoms with Gasteiger partial charge in [0.25, 0.3) is 0 Å². The molecule has 1 N–H and O–H groups in total. The summed E-state index contributed by atoms with van der Waals surface area (Å²) in [5.41, 5.74) is 0.744. The number of rotatable bonds is 6. The van der Waals surface area contributed by atoms with Crippen molar-refractivity contribution in [1.82, 2.24) is 9.78 Å². The molecule has 1 aromatic rings. The summed E-state index contributed by atoms with van der Waals surface area (Å²) in [5, 5.41) is 15.0. The van der Waals surface area contributed by atoms with Crippen LogP contribution in [0.1, 0.15) is 51.3 Å². The van der Waals surface area contributed by atoms with Crippen molar-refractivity contribution >= 4 is 11.6 Å². The molecule has 0 bridgehead atoms. The third-order valence-corrected chi connectivity index (χ3v) is 3.27. The average molecular weight is 245 g/mol. The van der Waals surface area contributed by atoms with Crippen molar-refractivity contribution in [3.05, 3.63) is 16.9 Å². The fourth-order valence-electron chi connectivity index (χ4n) is 2.18. The maximum absolute atomic E-state index is 10.3. The van der Waals surface area contributed by atoms with Gasteiger partial charge >= 0.3 is 0 Å². The zero-order valence-corrected chi connectivity index (χ0v) is 11.0. The third kappa shape index (κ3) is 2.98. The summed E-state index contributed by atoms with van der Waals surface area (Å²) in [6, 6.07) is 0. The second-order valence-corrected chi connectivity index (χ2v) is 4.69.